The molecule has 0 aromatic carbocycles. The molecular formula is C18H24N4O2. The second-order valence-corrected chi connectivity index (χ2v) is 7.01. The van der Waals surface area contributed by atoms with Crippen LogP contribution < -0.4 is 0 Å². The van der Waals surface area contributed by atoms with Crippen LogP contribution in [0.2, 0.25) is 0 Å². The Morgan fingerprint density at radius 2 is 1.92 bits per heavy atom. The molecule has 1 saturated heterocycles. The summed E-state index contributed by atoms with van der Waals surface area (Å²) >= 11 is 0. The molecule has 4 rings (SSSR count). The minimum atomic E-state index is -1.09. The molecule has 0 unspecified atom stereocenters. The number of hydrogen-bond donors (Lipinski definition) is 1. The van der Waals surface area contributed by atoms with Crippen molar-refractivity contribution in [3.05, 3.63) is 36.3 Å². The molecule has 2 fully saturated rings. The Hall–Kier alpha value is -1.92. The molecule has 6 heteroatoms. The van der Waals surface area contributed by atoms with Gasteiger partial charge in [-0.15, -0.1) is 0 Å². The third-order valence-corrected chi connectivity index (χ3v) is 5.29. The van der Waals surface area contributed by atoms with Crippen LogP contribution in [-0.4, -0.2) is 62.0 Å². The van der Waals surface area contributed by atoms with Crippen molar-refractivity contribution in [2.24, 2.45) is 0 Å². The average molecular weight is 328 g/mol. The van der Waals surface area contributed by atoms with Crippen LogP contribution in [0.4, 0.5) is 0 Å². The maximum atomic E-state index is 12.5. The molecule has 1 saturated carbocycles. The number of carbonyl (C=O) groups is 1. The van der Waals surface area contributed by atoms with Gasteiger partial charge in [0, 0.05) is 45.1 Å². The first kappa shape index (κ1) is 15.6. The van der Waals surface area contributed by atoms with E-state index in [2.05, 4.69) is 16.1 Å². The van der Waals surface area contributed by atoms with Crippen molar-refractivity contribution in [3.8, 4) is 0 Å². The van der Waals surface area contributed by atoms with Gasteiger partial charge in [0.1, 0.15) is 11.2 Å². The van der Waals surface area contributed by atoms with Crippen molar-refractivity contribution in [2.45, 2.75) is 37.8 Å². The molecule has 1 aliphatic carbocycles. The van der Waals surface area contributed by atoms with Crippen LogP contribution in [0.1, 0.15) is 31.4 Å². The number of rotatable bonds is 3. The monoisotopic (exact) mass is 328 g/mol. The largest absolute Gasteiger partial charge is 0.380 e. The SMILES string of the molecule is O=C(N1CCN(Cc2cn3ccccc3n2)CC1)C1(O)CCCC1. The molecule has 6 nitrogen and oxygen atoms in total. The van der Waals surface area contributed by atoms with Gasteiger partial charge in [-0.3, -0.25) is 9.69 Å². The highest BCUT2D eigenvalue weighted by Crippen LogP contribution is 2.31. The number of nitrogens with zero attached hydrogens (tertiary/aromatic N) is 4. The van der Waals surface area contributed by atoms with E-state index in [4.69, 9.17) is 0 Å². The Morgan fingerprint density at radius 3 is 2.62 bits per heavy atom. The molecule has 2 aromatic heterocycles. The van der Waals surface area contributed by atoms with Gasteiger partial charge in [-0.25, -0.2) is 4.98 Å². The second-order valence-electron chi connectivity index (χ2n) is 7.01. The second kappa shape index (κ2) is 6.18. The molecule has 0 radical (unpaired) electrons. The van der Waals surface area contributed by atoms with Gasteiger partial charge < -0.3 is 14.4 Å². The summed E-state index contributed by atoms with van der Waals surface area (Å²) in [5, 5.41) is 10.5. The zero-order valence-corrected chi connectivity index (χ0v) is 13.9. The van der Waals surface area contributed by atoms with Gasteiger partial charge in [0.15, 0.2) is 0 Å². The normalized spacial score (nSPS) is 21.5. The number of imidazole rings is 1. The smallest absolute Gasteiger partial charge is 0.254 e. The van der Waals surface area contributed by atoms with Gasteiger partial charge in [0.05, 0.1) is 5.69 Å². The lowest BCUT2D eigenvalue weighted by atomic mass is 10.00. The summed E-state index contributed by atoms with van der Waals surface area (Å²) < 4.78 is 2.03. The summed E-state index contributed by atoms with van der Waals surface area (Å²) in [4.78, 5) is 21.3. The Balaban J connectivity index is 1.35. The maximum Gasteiger partial charge on any atom is 0.254 e. The third-order valence-electron chi connectivity index (χ3n) is 5.29. The highest BCUT2D eigenvalue weighted by atomic mass is 16.3. The standard InChI is InChI=1S/C18H24N4O2/c23-17(18(24)6-2-3-7-18)21-11-9-20(10-12-21)13-15-14-22-8-4-1-5-16(22)19-15/h1,4-5,8,14,24H,2-3,6-7,9-13H2. The molecule has 0 atom stereocenters. The van der Waals surface area contributed by atoms with Crippen LogP contribution in [0.15, 0.2) is 30.6 Å². The van der Waals surface area contributed by atoms with Gasteiger partial charge in [-0.05, 0) is 37.8 Å². The van der Waals surface area contributed by atoms with Crippen LogP contribution in [-0.2, 0) is 11.3 Å². The lowest BCUT2D eigenvalue weighted by Crippen LogP contribution is -2.54. The molecule has 3 heterocycles. The van der Waals surface area contributed by atoms with E-state index in [0.29, 0.717) is 25.9 Å². The molecule has 24 heavy (non-hydrogen) atoms. The minimum absolute atomic E-state index is 0.0626. The van der Waals surface area contributed by atoms with Crippen LogP contribution in [0, 0.1) is 0 Å². The number of pyridine rings is 1. The van der Waals surface area contributed by atoms with Crippen LogP contribution in [0.5, 0.6) is 0 Å². The minimum Gasteiger partial charge on any atom is -0.380 e. The topological polar surface area (TPSA) is 61.1 Å². The first-order valence-electron chi connectivity index (χ1n) is 8.81. The molecule has 2 aromatic rings. The molecule has 0 bridgehead atoms. The molecule has 1 aliphatic heterocycles. The van der Waals surface area contributed by atoms with E-state index in [0.717, 1.165) is 43.8 Å². The van der Waals surface area contributed by atoms with E-state index in [9.17, 15) is 9.90 Å². The highest BCUT2D eigenvalue weighted by Gasteiger charge is 2.42. The lowest BCUT2D eigenvalue weighted by Gasteiger charge is -2.37. The summed E-state index contributed by atoms with van der Waals surface area (Å²) in [6, 6.07) is 5.99. The fourth-order valence-corrected chi connectivity index (χ4v) is 3.87. The molecule has 1 N–H and O–H groups in total. The van der Waals surface area contributed by atoms with Crippen molar-refractivity contribution in [1.29, 1.82) is 0 Å². The van der Waals surface area contributed by atoms with E-state index in [1.807, 2.05) is 33.7 Å². The number of piperazine rings is 1. The van der Waals surface area contributed by atoms with Crippen molar-refractivity contribution >= 4 is 11.6 Å². The lowest BCUT2D eigenvalue weighted by molar-refractivity contribution is -0.152. The summed E-state index contributed by atoms with van der Waals surface area (Å²) in [6.45, 7) is 3.84. The first-order chi connectivity index (χ1) is 11.6. The van der Waals surface area contributed by atoms with Crippen LogP contribution >= 0.6 is 0 Å². The van der Waals surface area contributed by atoms with Crippen molar-refractivity contribution in [3.63, 3.8) is 0 Å². The summed E-state index contributed by atoms with van der Waals surface area (Å²) in [6.07, 6.45) is 7.21. The number of hydrogen-bond acceptors (Lipinski definition) is 4. The fraction of sp³-hybridized carbons (Fsp3) is 0.556. The van der Waals surface area contributed by atoms with Crippen LogP contribution in [0.3, 0.4) is 0 Å². The van der Waals surface area contributed by atoms with E-state index in [-0.39, 0.29) is 5.91 Å². The van der Waals surface area contributed by atoms with E-state index in [1.165, 1.54) is 0 Å². The number of carbonyl (C=O) groups excluding carboxylic acids is 1. The third kappa shape index (κ3) is 2.91. The average Bonchev–Trinajstić information content (AvgIpc) is 3.21. The number of aliphatic hydroxyl groups is 1. The van der Waals surface area contributed by atoms with E-state index < -0.39 is 5.60 Å². The summed E-state index contributed by atoms with van der Waals surface area (Å²) in [5.74, 6) is -0.0626. The molecule has 0 spiro atoms. The number of aromatic nitrogens is 2. The predicted molar refractivity (Wildman–Crippen MR) is 90.5 cm³/mol. The zero-order valence-electron chi connectivity index (χ0n) is 13.9. The maximum absolute atomic E-state index is 12.5. The van der Waals surface area contributed by atoms with Crippen molar-refractivity contribution in [1.82, 2.24) is 19.2 Å². The quantitative estimate of drug-likeness (QED) is 0.922. The van der Waals surface area contributed by atoms with Crippen molar-refractivity contribution < 1.29 is 9.90 Å². The first-order valence-corrected chi connectivity index (χ1v) is 8.81. The molecule has 2 aliphatic rings. The Morgan fingerprint density at radius 1 is 1.17 bits per heavy atom. The summed E-state index contributed by atoms with van der Waals surface area (Å²) in [7, 11) is 0. The molecular weight excluding hydrogens is 304 g/mol. The van der Waals surface area contributed by atoms with E-state index in [1.54, 1.807) is 0 Å². The Bertz CT molecular complexity index is 694. The fourth-order valence-electron chi connectivity index (χ4n) is 3.87. The van der Waals surface area contributed by atoms with Gasteiger partial charge in [-0.1, -0.05) is 6.07 Å². The van der Waals surface area contributed by atoms with E-state index >= 15 is 0 Å². The predicted octanol–water partition coefficient (Wildman–Crippen LogP) is 1.28. The highest BCUT2D eigenvalue weighted by molar-refractivity contribution is 5.85. The van der Waals surface area contributed by atoms with Crippen molar-refractivity contribution in [2.75, 3.05) is 26.2 Å². The molecule has 128 valence electrons. The Kier molecular flexibility index (Phi) is 4.02. The van der Waals surface area contributed by atoms with Crippen LogP contribution in [0.25, 0.3) is 5.65 Å². The summed E-state index contributed by atoms with van der Waals surface area (Å²) in [5.41, 5.74) is 0.921. The Labute approximate surface area is 141 Å². The van der Waals surface area contributed by atoms with Gasteiger partial charge in [0.25, 0.3) is 5.91 Å². The molecule has 1 amide bonds. The van der Waals surface area contributed by atoms with Gasteiger partial charge in [0.2, 0.25) is 0 Å². The van der Waals surface area contributed by atoms with Gasteiger partial charge in [-0.2, -0.15) is 0 Å². The zero-order chi connectivity index (χ0) is 16.6. The number of fused-ring (bicyclic) bond motifs is 1. The number of amides is 1. The van der Waals surface area contributed by atoms with Gasteiger partial charge >= 0.3 is 0 Å².